The van der Waals surface area contributed by atoms with Crippen LogP contribution in [0.4, 0.5) is 11.4 Å². The predicted molar refractivity (Wildman–Crippen MR) is 180 cm³/mol. The molecule has 1 saturated carbocycles. The lowest BCUT2D eigenvalue weighted by Crippen LogP contribution is -2.54. The number of carbonyl (C=O) groups is 2. The summed E-state index contributed by atoms with van der Waals surface area (Å²) in [5.74, 6) is -0.933. The summed E-state index contributed by atoms with van der Waals surface area (Å²) in [6, 6.07) is 28.7. The van der Waals surface area contributed by atoms with E-state index in [9.17, 15) is 28.1 Å². The molecule has 0 spiro atoms. The summed E-state index contributed by atoms with van der Waals surface area (Å²) in [6.07, 6.45) is 3.93. The van der Waals surface area contributed by atoms with Crippen molar-refractivity contribution in [3.8, 4) is 0 Å². The number of nitro groups is 1. The lowest BCUT2D eigenvalue weighted by molar-refractivity contribution is -0.384. The van der Waals surface area contributed by atoms with Crippen LogP contribution in [0.25, 0.3) is 0 Å². The van der Waals surface area contributed by atoms with Crippen molar-refractivity contribution in [2.24, 2.45) is 0 Å². The van der Waals surface area contributed by atoms with Crippen LogP contribution in [-0.2, 0) is 32.6 Å². The first-order chi connectivity index (χ1) is 22.6. The number of nitrogens with one attached hydrogen (secondary N) is 1. The van der Waals surface area contributed by atoms with Crippen molar-refractivity contribution in [1.29, 1.82) is 0 Å². The molecule has 2 amide bonds. The monoisotopic (exact) mass is 654 g/mol. The Balaban J connectivity index is 1.59. The van der Waals surface area contributed by atoms with Gasteiger partial charge in [0.2, 0.25) is 11.8 Å². The van der Waals surface area contributed by atoms with Gasteiger partial charge in [-0.2, -0.15) is 0 Å². The average molecular weight is 655 g/mol. The molecule has 1 fully saturated rings. The van der Waals surface area contributed by atoms with Gasteiger partial charge in [-0.3, -0.25) is 24.0 Å². The van der Waals surface area contributed by atoms with Crippen molar-refractivity contribution in [2.45, 2.75) is 62.6 Å². The van der Waals surface area contributed by atoms with E-state index in [4.69, 9.17) is 0 Å². The highest BCUT2D eigenvalue weighted by Crippen LogP contribution is 2.28. The maximum absolute atomic E-state index is 14.6. The largest absolute Gasteiger partial charge is 0.352 e. The second kappa shape index (κ2) is 15.0. The van der Waals surface area contributed by atoms with Gasteiger partial charge in [-0.25, -0.2) is 8.42 Å². The van der Waals surface area contributed by atoms with Crippen molar-refractivity contribution in [1.82, 2.24) is 10.2 Å². The van der Waals surface area contributed by atoms with Crippen molar-refractivity contribution in [2.75, 3.05) is 10.8 Å². The zero-order valence-corrected chi connectivity index (χ0v) is 27.0. The molecule has 4 aromatic rings. The molecule has 0 bridgehead atoms. The highest BCUT2D eigenvalue weighted by molar-refractivity contribution is 7.92. The van der Waals surface area contributed by atoms with E-state index in [2.05, 4.69) is 5.32 Å². The molecule has 0 aromatic heterocycles. The lowest BCUT2D eigenvalue weighted by atomic mass is 10.0. The number of rotatable bonds is 13. The number of hydrogen-bond acceptors (Lipinski definition) is 6. The Labute approximate surface area is 275 Å². The SMILES string of the molecule is Cc1ccccc1CN(C(=O)CN(c1cccc([N+](=O)[O-])c1)S(=O)(=O)c1ccccc1)C(Cc1ccccc1)C(=O)NC1CCCC1. The number of nitro benzene ring substituents is 1. The molecule has 1 unspecified atom stereocenters. The third-order valence-corrected chi connectivity index (χ3v) is 10.3. The number of non-ortho nitro benzene ring substituents is 1. The molecule has 11 heteroatoms. The first kappa shape index (κ1) is 33.3. The van der Waals surface area contributed by atoms with E-state index in [0.717, 1.165) is 52.7 Å². The second-order valence-electron chi connectivity index (χ2n) is 11.7. The first-order valence-corrected chi connectivity index (χ1v) is 17.1. The second-order valence-corrected chi connectivity index (χ2v) is 13.6. The van der Waals surface area contributed by atoms with Crippen molar-refractivity contribution in [3.05, 3.63) is 136 Å². The molecule has 10 nitrogen and oxygen atoms in total. The topological polar surface area (TPSA) is 130 Å². The van der Waals surface area contributed by atoms with Crippen LogP contribution in [-0.4, -0.2) is 48.7 Å². The number of carbonyl (C=O) groups excluding carboxylic acids is 2. The zero-order valence-electron chi connectivity index (χ0n) is 26.2. The number of aryl methyl sites for hydroxylation is 1. The Morgan fingerprint density at radius 3 is 2.19 bits per heavy atom. The van der Waals surface area contributed by atoms with Crippen LogP contribution in [0.15, 0.2) is 114 Å². The molecule has 1 N–H and O–H groups in total. The molecule has 1 atom stereocenters. The molecular formula is C36H38N4O6S. The molecule has 47 heavy (non-hydrogen) atoms. The standard InChI is InChI=1S/C36H38N4O6S/c1-27-13-8-9-16-29(27)25-38(34(23-28-14-4-2-5-15-28)36(42)37-30-17-10-11-18-30)35(41)26-39(31-19-12-20-32(24-31)40(43)44)47(45,46)33-21-6-3-7-22-33/h2-9,12-16,19-22,24,30,34H,10-11,17-18,23,25-26H2,1H3,(H,37,42). The highest BCUT2D eigenvalue weighted by Gasteiger charge is 2.36. The summed E-state index contributed by atoms with van der Waals surface area (Å²) in [7, 11) is -4.37. The zero-order chi connectivity index (χ0) is 33.4. The van der Waals surface area contributed by atoms with Crippen molar-refractivity contribution < 1.29 is 22.9 Å². The molecular weight excluding hydrogens is 616 g/mol. The van der Waals surface area contributed by atoms with Gasteiger partial charge >= 0.3 is 0 Å². The number of sulfonamides is 1. The number of anilines is 1. The highest BCUT2D eigenvalue weighted by atomic mass is 32.2. The van der Waals surface area contributed by atoms with Gasteiger partial charge in [0.05, 0.1) is 15.5 Å². The summed E-state index contributed by atoms with van der Waals surface area (Å²) in [5, 5.41) is 14.8. The lowest BCUT2D eigenvalue weighted by Gasteiger charge is -2.34. The third kappa shape index (κ3) is 8.23. The normalized spacial score (nSPS) is 13.9. The smallest absolute Gasteiger partial charge is 0.271 e. The van der Waals surface area contributed by atoms with Gasteiger partial charge in [-0.15, -0.1) is 0 Å². The third-order valence-electron chi connectivity index (χ3n) is 8.51. The fourth-order valence-corrected chi connectivity index (χ4v) is 7.33. The van der Waals surface area contributed by atoms with Crippen LogP contribution in [0, 0.1) is 17.0 Å². The van der Waals surface area contributed by atoms with Crippen LogP contribution in [0.5, 0.6) is 0 Å². The summed E-state index contributed by atoms with van der Waals surface area (Å²) in [4.78, 5) is 41.1. The van der Waals surface area contributed by atoms with Gasteiger partial charge in [0.1, 0.15) is 12.6 Å². The fraction of sp³-hybridized carbons (Fsp3) is 0.278. The quantitative estimate of drug-likeness (QED) is 0.143. The summed E-state index contributed by atoms with van der Waals surface area (Å²) in [5.41, 5.74) is 2.20. The molecule has 0 saturated heterocycles. The Hall–Kier alpha value is -5.03. The Morgan fingerprint density at radius 1 is 0.894 bits per heavy atom. The number of amides is 2. The van der Waals surface area contributed by atoms with Crippen LogP contribution in [0.3, 0.4) is 0 Å². The van der Waals surface area contributed by atoms with Crippen molar-refractivity contribution >= 4 is 33.2 Å². The predicted octanol–water partition coefficient (Wildman–Crippen LogP) is 5.80. The van der Waals surface area contributed by atoms with E-state index in [0.29, 0.717) is 0 Å². The van der Waals surface area contributed by atoms with Crippen LogP contribution in [0.2, 0.25) is 0 Å². The first-order valence-electron chi connectivity index (χ1n) is 15.6. The Bertz CT molecular complexity index is 1810. The summed E-state index contributed by atoms with van der Waals surface area (Å²) >= 11 is 0. The molecule has 5 rings (SSSR count). The minimum Gasteiger partial charge on any atom is -0.352 e. The van der Waals surface area contributed by atoms with E-state index in [1.165, 1.54) is 35.2 Å². The number of hydrogen-bond donors (Lipinski definition) is 1. The van der Waals surface area contributed by atoms with Gasteiger partial charge in [0.25, 0.3) is 15.7 Å². The van der Waals surface area contributed by atoms with Gasteiger partial charge in [-0.05, 0) is 54.7 Å². The molecule has 0 aliphatic heterocycles. The van der Waals surface area contributed by atoms with Gasteiger partial charge < -0.3 is 10.2 Å². The van der Waals surface area contributed by atoms with Crippen LogP contribution < -0.4 is 9.62 Å². The maximum Gasteiger partial charge on any atom is 0.271 e. The van der Waals surface area contributed by atoms with Gasteiger partial charge in [0, 0.05) is 31.1 Å². The molecule has 1 aliphatic carbocycles. The Kier molecular flexibility index (Phi) is 10.7. The molecule has 244 valence electrons. The summed E-state index contributed by atoms with van der Waals surface area (Å²) in [6.45, 7) is 1.28. The van der Waals surface area contributed by atoms with E-state index in [1.807, 2.05) is 61.5 Å². The average Bonchev–Trinajstić information content (AvgIpc) is 3.59. The number of benzene rings is 4. The number of nitrogens with zero attached hydrogens (tertiary/aromatic N) is 3. The van der Waals surface area contributed by atoms with Crippen LogP contribution in [0.1, 0.15) is 42.4 Å². The minimum absolute atomic E-state index is 0.00369. The van der Waals surface area contributed by atoms with E-state index >= 15 is 0 Å². The molecule has 0 heterocycles. The van der Waals surface area contributed by atoms with E-state index in [-0.39, 0.29) is 41.2 Å². The fourth-order valence-electron chi connectivity index (χ4n) is 5.90. The molecule has 4 aromatic carbocycles. The molecule has 0 radical (unpaired) electrons. The van der Waals surface area contributed by atoms with Gasteiger partial charge in [0.15, 0.2) is 0 Å². The van der Waals surface area contributed by atoms with E-state index < -0.39 is 33.4 Å². The van der Waals surface area contributed by atoms with Crippen LogP contribution >= 0.6 is 0 Å². The Morgan fingerprint density at radius 2 is 1.53 bits per heavy atom. The minimum atomic E-state index is -4.37. The van der Waals surface area contributed by atoms with Crippen molar-refractivity contribution in [3.63, 3.8) is 0 Å². The van der Waals surface area contributed by atoms with E-state index in [1.54, 1.807) is 18.2 Å². The van der Waals surface area contributed by atoms with Gasteiger partial charge in [-0.1, -0.05) is 91.7 Å². The maximum atomic E-state index is 14.6. The summed E-state index contributed by atoms with van der Waals surface area (Å²) < 4.78 is 29.1. The molecule has 1 aliphatic rings.